The Balaban J connectivity index is 2.19. The van der Waals surface area contributed by atoms with E-state index in [1.807, 2.05) is 24.3 Å². The smallest absolute Gasteiger partial charge is 0.339 e. The fourth-order valence-electron chi connectivity index (χ4n) is 2.96. The largest absolute Gasteiger partial charge is 0.449 e. The molecule has 0 radical (unpaired) electrons. The normalized spacial score (nSPS) is 13.5. The summed E-state index contributed by atoms with van der Waals surface area (Å²) in [5, 5.41) is 2.83. The molecule has 2 aromatic rings. The highest BCUT2D eigenvalue weighted by molar-refractivity contribution is 7.89. The van der Waals surface area contributed by atoms with Gasteiger partial charge in [-0.3, -0.25) is 4.79 Å². The number of rotatable bonds is 8. The number of nitrogens with zero attached hydrogens (tertiary/aromatic N) is 1. The standard InChI is InChI=1S/C23H30N2O5S/c1-7-15(2)19-10-8-9-11-21(19)24-22(26)17(4)30-23(27)20-14-18(13-12-16(20)3)31(28,29)25(5)6/h8-15,17H,7H2,1-6H3,(H,24,26). The van der Waals surface area contributed by atoms with Crippen LogP contribution in [0, 0.1) is 6.92 Å². The van der Waals surface area contributed by atoms with Crippen LogP contribution in [-0.4, -0.2) is 44.8 Å². The molecule has 168 valence electrons. The number of ether oxygens (including phenoxy) is 1. The van der Waals surface area contributed by atoms with Crippen LogP contribution in [0.3, 0.4) is 0 Å². The second kappa shape index (κ2) is 10.1. The van der Waals surface area contributed by atoms with E-state index in [0.29, 0.717) is 11.3 Å². The van der Waals surface area contributed by atoms with Gasteiger partial charge in [-0.1, -0.05) is 38.1 Å². The monoisotopic (exact) mass is 446 g/mol. The van der Waals surface area contributed by atoms with Crippen molar-refractivity contribution in [3.63, 3.8) is 0 Å². The first-order valence-corrected chi connectivity index (χ1v) is 11.6. The van der Waals surface area contributed by atoms with Gasteiger partial charge >= 0.3 is 5.97 Å². The summed E-state index contributed by atoms with van der Waals surface area (Å²) in [6.45, 7) is 7.30. The van der Waals surface area contributed by atoms with Crippen molar-refractivity contribution in [1.29, 1.82) is 0 Å². The first kappa shape index (κ1) is 24.6. The highest BCUT2D eigenvalue weighted by atomic mass is 32.2. The molecule has 1 N–H and O–H groups in total. The van der Waals surface area contributed by atoms with Crippen LogP contribution in [0.1, 0.15) is 54.6 Å². The van der Waals surface area contributed by atoms with E-state index >= 15 is 0 Å². The van der Waals surface area contributed by atoms with Crippen LogP contribution in [0.5, 0.6) is 0 Å². The van der Waals surface area contributed by atoms with E-state index in [1.165, 1.54) is 33.2 Å². The number of carbonyl (C=O) groups excluding carboxylic acids is 2. The topological polar surface area (TPSA) is 92.8 Å². The molecule has 2 aromatic carbocycles. The number of para-hydroxylation sites is 1. The summed E-state index contributed by atoms with van der Waals surface area (Å²) < 4.78 is 31.2. The van der Waals surface area contributed by atoms with Crippen molar-refractivity contribution in [3.8, 4) is 0 Å². The predicted octanol–water partition coefficient (Wildman–Crippen LogP) is 3.94. The molecule has 2 unspecified atom stereocenters. The molecular formula is C23H30N2O5S. The Morgan fingerprint density at radius 3 is 2.35 bits per heavy atom. The zero-order valence-corrected chi connectivity index (χ0v) is 19.6. The molecule has 0 saturated heterocycles. The first-order chi connectivity index (χ1) is 14.5. The average Bonchev–Trinajstić information content (AvgIpc) is 2.73. The molecule has 2 atom stereocenters. The van der Waals surface area contributed by atoms with Gasteiger partial charge in [-0.25, -0.2) is 17.5 Å². The molecule has 0 aliphatic heterocycles. The minimum absolute atomic E-state index is 0.0189. The molecule has 0 aliphatic rings. The van der Waals surface area contributed by atoms with Crippen LogP contribution in [0.2, 0.25) is 0 Å². The van der Waals surface area contributed by atoms with E-state index in [2.05, 4.69) is 19.2 Å². The zero-order valence-electron chi connectivity index (χ0n) is 18.8. The van der Waals surface area contributed by atoms with Gasteiger partial charge in [0.1, 0.15) is 0 Å². The summed E-state index contributed by atoms with van der Waals surface area (Å²) in [4.78, 5) is 25.3. The van der Waals surface area contributed by atoms with Crippen molar-refractivity contribution < 1.29 is 22.7 Å². The molecule has 0 saturated carbocycles. The van der Waals surface area contributed by atoms with Crippen LogP contribution in [-0.2, 0) is 19.6 Å². The molecule has 0 spiro atoms. The lowest BCUT2D eigenvalue weighted by atomic mass is 9.97. The van der Waals surface area contributed by atoms with Crippen molar-refractivity contribution in [3.05, 3.63) is 59.2 Å². The summed E-state index contributed by atoms with van der Waals surface area (Å²) in [6, 6.07) is 11.8. The highest BCUT2D eigenvalue weighted by Crippen LogP contribution is 2.27. The number of benzene rings is 2. The average molecular weight is 447 g/mol. The van der Waals surface area contributed by atoms with Crippen molar-refractivity contribution >= 4 is 27.6 Å². The summed E-state index contributed by atoms with van der Waals surface area (Å²) in [7, 11) is -0.877. The summed E-state index contributed by atoms with van der Waals surface area (Å²) >= 11 is 0. The number of sulfonamides is 1. The third kappa shape index (κ3) is 5.71. The van der Waals surface area contributed by atoms with Gasteiger partial charge in [0.15, 0.2) is 6.10 Å². The van der Waals surface area contributed by atoms with E-state index in [9.17, 15) is 18.0 Å². The number of hydrogen-bond acceptors (Lipinski definition) is 5. The first-order valence-electron chi connectivity index (χ1n) is 10.1. The van der Waals surface area contributed by atoms with Crippen LogP contribution < -0.4 is 5.32 Å². The van der Waals surface area contributed by atoms with Crippen molar-refractivity contribution in [1.82, 2.24) is 4.31 Å². The minimum Gasteiger partial charge on any atom is -0.449 e. The maximum absolute atomic E-state index is 12.7. The Labute approximate surface area is 184 Å². The van der Waals surface area contributed by atoms with Crippen molar-refractivity contribution in [2.75, 3.05) is 19.4 Å². The SMILES string of the molecule is CCC(C)c1ccccc1NC(=O)C(C)OC(=O)c1cc(S(=O)(=O)N(C)C)ccc1C. The predicted molar refractivity (Wildman–Crippen MR) is 121 cm³/mol. The summed E-state index contributed by atoms with van der Waals surface area (Å²) in [5.74, 6) is -0.955. The molecule has 0 bridgehead atoms. The summed E-state index contributed by atoms with van der Waals surface area (Å²) in [6.07, 6.45) is -0.144. The third-order valence-corrected chi connectivity index (χ3v) is 7.03. The molecule has 8 heteroatoms. The molecular weight excluding hydrogens is 416 g/mol. The van der Waals surface area contributed by atoms with Gasteiger partial charge in [-0.2, -0.15) is 0 Å². The number of esters is 1. The second-order valence-electron chi connectivity index (χ2n) is 7.70. The van der Waals surface area contributed by atoms with Gasteiger partial charge in [-0.05, 0) is 55.5 Å². The Morgan fingerprint density at radius 1 is 1.10 bits per heavy atom. The number of aryl methyl sites for hydroxylation is 1. The van der Waals surface area contributed by atoms with Gasteiger partial charge in [0, 0.05) is 19.8 Å². The van der Waals surface area contributed by atoms with E-state index in [1.54, 1.807) is 13.0 Å². The Kier molecular flexibility index (Phi) is 7.97. The Morgan fingerprint density at radius 2 is 1.74 bits per heavy atom. The molecule has 0 fully saturated rings. The van der Waals surface area contributed by atoms with Gasteiger partial charge in [0.25, 0.3) is 5.91 Å². The molecule has 0 heterocycles. The van der Waals surface area contributed by atoms with E-state index < -0.39 is 28.0 Å². The Hall–Kier alpha value is -2.71. The molecule has 2 rings (SSSR count). The van der Waals surface area contributed by atoms with Crippen LogP contribution in [0.4, 0.5) is 5.69 Å². The second-order valence-corrected chi connectivity index (χ2v) is 9.85. The van der Waals surface area contributed by atoms with E-state index in [0.717, 1.165) is 16.3 Å². The number of amides is 1. The number of anilines is 1. The highest BCUT2D eigenvalue weighted by Gasteiger charge is 2.24. The van der Waals surface area contributed by atoms with Crippen LogP contribution in [0.25, 0.3) is 0 Å². The molecule has 1 amide bonds. The van der Waals surface area contributed by atoms with E-state index in [-0.39, 0.29) is 16.4 Å². The fraction of sp³-hybridized carbons (Fsp3) is 0.391. The molecule has 0 aromatic heterocycles. The van der Waals surface area contributed by atoms with Gasteiger partial charge in [0.05, 0.1) is 10.5 Å². The van der Waals surface area contributed by atoms with E-state index in [4.69, 9.17) is 4.74 Å². The Bertz CT molecular complexity index is 1060. The number of carbonyl (C=O) groups is 2. The summed E-state index contributed by atoms with van der Waals surface area (Å²) in [5.41, 5.74) is 2.34. The quantitative estimate of drug-likeness (QED) is 0.620. The van der Waals surface area contributed by atoms with Crippen LogP contribution >= 0.6 is 0 Å². The van der Waals surface area contributed by atoms with Gasteiger partial charge in [-0.15, -0.1) is 0 Å². The van der Waals surface area contributed by atoms with Crippen LogP contribution in [0.15, 0.2) is 47.4 Å². The lowest BCUT2D eigenvalue weighted by Gasteiger charge is -2.19. The number of hydrogen-bond donors (Lipinski definition) is 1. The maximum atomic E-state index is 12.7. The molecule has 7 nitrogen and oxygen atoms in total. The van der Waals surface area contributed by atoms with Crippen molar-refractivity contribution in [2.45, 2.75) is 51.0 Å². The number of nitrogens with one attached hydrogen (secondary N) is 1. The lowest BCUT2D eigenvalue weighted by molar-refractivity contribution is -0.123. The minimum atomic E-state index is -3.70. The lowest BCUT2D eigenvalue weighted by Crippen LogP contribution is -2.30. The maximum Gasteiger partial charge on any atom is 0.339 e. The van der Waals surface area contributed by atoms with Gasteiger partial charge in [0.2, 0.25) is 10.0 Å². The zero-order chi connectivity index (χ0) is 23.3. The molecule has 0 aliphatic carbocycles. The fourth-order valence-corrected chi connectivity index (χ4v) is 3.89. The molecule has 31 heavy (non-hydrogen) atoms. The van der Waals surface area contributed by atoms with Gasteiger partial charge < -0.3 is 10.1 Å². The van der Waals surface area contributed by atoms with Crippen molar-refractivity contribution in [2.24, 2.45) is 0 Å². The third-order valence-electron chi connectivity index (χ3n) is 5.22.